The molecule has 0 saturated carbocycles. The first kappa shape index (κ1) is 19.6. The van der Waals surface area contributed by atoms with E-state index in [1.54, 1.807) is 12.1 Å². The van der Waals surface area contributed by atoms with Gasteiger partial charge in [0.05, 0.1) is 11.1 Å². The molecule has 3 rings (SSSR count). The van der Waals surface area contributed by atoms with Gasteiger partial charge in [-0.3, -0.25) is 4.79 Å². The molecule has 142 valence electrons. The summed E-state index contributed by atoms with van der Waals surface area (Å²) in [5, 5.41) is 10.5. The van der Waals surface area contributed by atoms with Crippen molar-refractivity contribution in [2.75, 3.05) is 13.6 Å². The Morgan fingerprint density at radius 1 is 1.30 bits per heavy atom. The van der Waals surface area contributed by atoms with Crippen LogP contribution in [0.3, 0.4) is 0 Å². The third kappa shape index (κ3) is 4.25. The predicted molar refractivity (Wildman–Crippen MR) is 111 cm³/mol. The number of phenolic OH excluding ortho intramolecular Hbond substituents is 1. The van der Waals surface area contributed by atoms with Crippen LogP contribution < -0.4 is 4.74 Å². The normalized spacial score (nSPS) is 14.7. The minimum absolute atomic E-state index is 0.139. The van der Waals surface area contributed by atoms with Crippen molar-refractivity contribution >= 4 is 27.8 Å². The number of nitrogens with zero attached hydrogens (tertiary/aromatic N) is 1. The summed E-state index contributed by atoms with van der Waals surface area (Å²) in [6.07, 6.45) is 3.93. The molecular formula is C22H24BrNO3. The molecule has 0 aromatic heterocycles. The number of unbranched alkanes of at least 4 members (excludes halogenated alkanes) is 1. The number of halogens is 1. The van der Waals surface area contributed by atoms with E-state index >= 15 is 0 Å². The minimum atomic E-state index is -0.139. The van der Waals surface area contributed by atoms with Gasteiger partial charge < -0.3 is 14.7 Å². The maximum Gasteiger partial charge on any atom is 0.232 e. The van der Waals surface area contributed by atoms with Crippen LogP contribution >= 0.6 is 15.9 Å². The second-order valence-electron chi connectivity index (χ2n) is 6.98. The van der Waals surface area contributed by atoms with E-state index in [4.69, 9.17) is 4.74 Å². The van der Waals surface area contributed by atoms with E-state index in [0.29, 0.717) is 23.4 Å². The molecule has 27 heavy (non-hydrogen) atoms. The van der Waals surface area contributed by atoms with Gasteiger partial charge >= 0.3 is 0 Å². The molecule has 2 aromatic rings. The number of aromatic hydroxyl groups is 1. The molecule has 0 radical (unpaired) electrons. The van der Waals surface area contributed by atoms with Crippen LogP contribution in [0.25, 0.3) is 6.08 Å². The lowest BCUT2D eigenvalue weighted by Gasteiger charge is -2.19. The Kier molecular flexibility index (Phi) is 6.02. The van der Waals surface area contributed by atoms with Gasteiger partial charge in [-0.1, -0.05) is 41.4 Å². The van der Waals surface area contributed by atoms with E-state index in [2.05, 4.69) is 27.8 Å². The molecule has 0 aliphatic carbocycles. The van der Waals surface area contributed by atoms with E-state index in [-0.39, 0.29) is 17.3 Å². The largest absolute Gasteiger partial charge is 0.507 e. The summed E-state index contributed by atoms with van der Waals surface area (Å²) < 4.78 is 6.91. The standard InChI is InChI=1S/C22H24BrNO3/c1-4-5-9-24(3)13-17-18(25)10-14(2)20-21(26)19(27-22(17)20)12-15-7-6-8-16(23)11-15/h6-8,10-12,25H,4-5,9,13H2,1-3H3/b19-12-. The number of carbonyl (C=O) groups is 1. The minimum Gasteiger partial charge on any atom is -0.507 e. The molecule has 0 bridgehead atoms. The second kappa shape index (κ2) is 8.28. The Morgan fingerprint density at radius 2 is 2.07 bits per heavy atom. The van der Waals surface area contributed by atoms with Crippen molar-refractivity contribution < 1.29 is 14.6 Å². The van der Waals surface area contributed by atoms with Crippen molar-refractivity contribution in [3.63, 3.8) is 0 Å². The first-order valence-electron chi connectivity index (χ1n) is 9.14. The van der Waals surface area contributed by atoms with Gasteiger partial charge in [-0.25, -0.2) is 0 Å². The highest BCUT2D eigenvalue weighted by molar-refractivity contribution is 9.10. The van der Waals surface area contributed by atoms with E-state index < -0.39 is 0 Å². The van der Waals surface area contributed by atoms with Gasteiger partial charge in [0.25, 0.3) is 0 Å². The van der Waals surface area contributed by atoms with Crippen molar-refractivity contribution in [1.82, 2.24) is 4.90 Å². The van der Waals surface area contributed by atoms with Crippen molar-refractivity contribution in [3.8, 4) is 11.5 Å². The molecule has 5 heteroatoms. The van der Waals surface area contributed by atoms with Crippen LogP contribution in [0.4, 0.5) is 0 Å². The zero-order valence-electron chi connectivity index (χ0n) is 15.9. The van der Waals surface area contributed by atoms with Crippen LogP contribution in [0.5, 0.6) is 11.5 Å². The molecule has 1 aliphatic heterocycles. The Bertz CT molecular complexity index is 905. The molecule has 1 N–H and O–H groups in total. The topological polar surface area (TPSA) is 49.8 Å². The Balaban J connectivity index is 1.97. The van der Waals surface area contributed by atoms with Crippen molar-refractivity contribution in [3.05, 3.63) is 62.8 Å². The summed E-state index contributed by atoms with van der Waals surface area (Å²) in [4.78, 5) is 15.1. The first-order valence-corrected chi connectivity index (χ1v) is 9.93. The third-order valence-electron chi connectivity index (χ3n) is 4.69. The number of benzene rings is 2. The average Bonchev–Trinajstić information content (AvgIpc) is 2.93. The highest BCUT2D eigenvalue weighted by Gasteiger charge is 2.33. The molecule has 1 aliphatic rings. The summed E-state index contributed by atoms with van der Waals surface area (Å²) in [5.74, 6) is 0.808. The Morgan fingerprint density at radius 3 is 2.78 bits per heavy atom. The molecule has 4 nitrogen and oxygen atoms in total. The summed E-state index contributed by atoms with van der Waals surface area (Å²) in [5.41, 5.74) is 2.82. The monoisotopic (exact) mass is 429 g/mol. The van der Waals surface area contributed by atoms with Crippen LogP contribution in [0.15, 0.2) is 40.6 Å². The van der Waals surface area contributed by atoms with Gasteiger partial charge in [0.15, 0.2) is 5.76 Å². The van der Waals surface area contributed by atoms with Gasteiger partial charge in [0, 0.05) is 11.0 Å². The van der Waals surface area contributed by atoms with Crippen LogP contribution in [-0.2, 0) is 6.54 Å². The number of carbonyl (C=O) groups excluding carboxylic acids is 1. The van der Waals surface area contributed by atoms with Crippen LogP contribution in [0.1, 0.15) is 46.8 Å². The number of hydrogen-bond acceptors (Lipinski definition) is 4. The van der Waals surface area contributed by atoms with Crippen molar-refractivity contribution in [1.29, 1.82) is 0 Å². The summed E-state index contributed by atoms with van der Waals surface area (Å²) >= 11 is 3.44. The maximum atomic E-state index is 12.9. The zero-order valence-corrected chi connectivity index (χ0v) is 17.5. The Hall–Kier alpha value is -2.11. The van der Waals surface area contributed by atoms with Crippen LogP contribution in [0, 0.1) is 6.92 Å². The molecular weight excluding hydrogens is 406 g/mol. The average molecular weight is 430 g/mol. The quantitative estimate of drug-likeness (QED) is 0.631. The number of allylic oxidation sites excluding steroid dienone is 1. The van der Waals surface area contributed by atoms with Gasteiger partial charge in [0.2, 0.25) is 5.78 Å². The van der Waals surface area contributed by atoms with E-state index in [9.17, 15) is 9.90 Å². The highest BCUT2D eigenvalue weighted by atomic mass is 79.9. The van der Waals surface area contributed by atoms with E-state index in [1.807, 2.05) is 38.2 Å². The molecule has 0 fully saturated rings. The predicted octanol–water partition coefficient (Wildman–Crippen LogP) is 5.31. The lowest BCUT2D eigenvalue weighted by atomic mass is 9.99. The van der Waals surface area contributed by atoms with Gasteiger partial charge in [0.1, 0.15) is 11.5 Å². The fourth-order valence-corrected chi connectivity index (χ4v) is 3.67. The molecule has 0 amide bonds. The number of ketones is 1. The third-order valence-corrected chi connectivity index (χ3v) is 5.18. The summed E-state index contributed by atoms with van der Waals surface area (Å²) in [7, 11) is 2.01. The van der Waals surface area contributed by atoms with Gasteiger partial charge in [-0.15, -0.1) is 0 Å². The second-order valence-corrected chi connectivity index (χ2v) is 7.90. The fraction of sp³-hybridized carbons (Fsp3) is 0.318. The highest BCUT2D eigenvalue weighted by Crippen LogP contribution is 2.42. The first-order chi connectivity index (χ1) is 12.9. The molecule has 0 unspecified atom stereocenters. The van der Waals surface area contributed by atoms with Crippen LogP contribution in [0.2, 0.25) is 0 Å². The number of Topliss-reactive ketones (excluding diaryl/α,β-unsaturated/α-hetero) is 1. The number of hydrogen-bond donors (Lipinski definition) is 1. The van der Waals surface area contributed by atoms with E-state index in [0.717, 1.165) is 35.0 Å². The smallest absolute Gasteiger partial charge is 0.232 e. The number of rotatable bonds is 6. The molecule has 0 spiro atoms. The lowest BCUT2D eigenvalue weighted by molar-refractivity contribution is 0.101. The zero-order chi connectivity index (χ0) is 19.6. The van der Waals surface area contributed by atoms with E-state index in [1.165, 1.54) is 0 Å². The number of phenols is 1. The fourth-order valence-electron chi connectivity index (χ4n) is 3.26. The van der Waals surface area contributed by atoms with Gasteiger partial charge in [-0.2, -0.15) is 0 Å². The molecule has 2 aromatic carbocycles. The SMILES string of the molecule is CCCCN(C)Cc1c(O)cc(C)c2c1O/C(=C\c1cccc(Br)c1)C2=O. The number of ether oxygens (including phenoxy) is 1. The Labute approximate surface area is 168 Å². The van der Waals surface area contributed by atoms with Crippen molar-refractivity contribution in [2.24, 2.45) is 0 Å². The maximum absolute atomic E-state index is 12.9. The number of fused-ring (bicyclic) bond motifs is 1. The van der Waals surface area contributed by atoms with Crippen molar-refractivity contribution in [2.45, 2.75) is 33.2 Å². The van der Waals surface area contributed by atoms with Gasteiger partial charge in [-0.05, 0) is 62.3 Å². The number of aryl methyl sites for hydroxylation is 1. The molecule has 0 saturated heterocycles. The molecule has 1 heterocycles. The molecule has 0 atom stereocenters. The summed E-state index contributed by atoms with van der Waals surface area (Å²) in [6.45, 7) is 5.43. The lowest BCUT2D eigenvalue weighted by Crippen LogP contribution is -2.19. The van der Waals surface area contributed by atoms with Crippen LogP contribution in [-0.4, -0.2) is 29.4 Å². The summed E-state index contributed by atoms with van der Waals surface area (Å²) in [6, 6.07) is 9.34.